The number of hydrogen-bond donors (Lipinski definition) is 1. The highest BCUT2D eigenvalue weighted by Gasteiger charge is 2.35. The standard InChI is InChI=1S/C17H23N3O3/c1-2-11-21-13-5-7-14(8-6-13)22-12-15-19-16(20-23-15)17(18)9-3-4-10-17/h5-8H,2-4,9-12,18H2,1H3. The molecule has 0 amide bonds. The van der Waals surface area contributed by atoms with Crippen molar-refractivity contribution >= 4 is 0 Å². The molecule has 2 N–H and O–H groups in total. The van der Waals surface area contributed by atoms with Crippen LogP contribution in [-0.4, -0.2) is 16.7 Å². The quantitative estimate of drug-likeness (QED) is 0.844. The Morgan fingerprint density at radius 3 is 2.43 bits per heavy atom. The second-order valence-corrected chi connectivity index (χ2v) is 5.98. The summed E-state index contributed by atoms with van der Waals surface area (Å²) in [6.07, 6.45) is 5.03. The van der Waals surface area contributed by atoms with Gasteiger partial charge in [-0.3, -0.25) is 0 Å². The number of nitrogens with zero attached hydrogens (tertiary/aromatic N) is 2. The molecule has 1 aromatic carbocycles. The van der Waals surface area contributed by atoms with E-state index in [4.69, 9.17) is 19.7 Å². The summed E-state index contributed by atoms with van der Waals surface area (Å²) in [5.41, 5.74) is 5.89. The Kier molecular flexibility index (Phi) is 4.81. The van der Waals surface area contributed by atoms with Gasteiger partial charge in [-0.25, -0.2) is 0 Å². The summed E-state index contributed by atoms with van der Waals surface area (Å²) in [6.45, 7) is 3.03. The predicted molar refractivity (Wildman–Crippen MR) is 85.2 cm³/mol. The fourth-order valence-corrected chi connectivity index (χ4v) is 2.74. The van der Waals surface area contributed by atoms with Crippen LogP contribution >= 0.6 is 0 Å². The third-order valence-electron chi connectivity index (χ3n) is 4.07. The van der Waals surface area contributed by atoms with Crippen molar-refractivity contribution in [2.75, 3.05) is 6.61 Å². The molecule has 0 unspecified atom stereocenters. The second kappa shape index (κ2) is 7.00. The van der Waals surface area contributed by atoms with E-state index in [1.165, 1.54) is 0 Å². The van der Waals surface area contributed by atoms with Crippen molar-refractivity contribution in [3.63, 3.8) is 0 Å². The van der Waals surface area contributed by atoms with E-state index < -0.39 is 5.54 Å². The van der Waals surface area contributed by atoms with E-state index >= 15 is 0 Å². The zero-order chi connectivity index (χ0) is 16.1. The highest BCUT2D eigenvalue weighted by atomic mass is 16.5. The molecule has 1 heterocycles. The monoisotopic (exact) mass is 317 g/mol. The van der Waals surface area contributed by atoms with Gasteiger partial charge in [-0.15, -0.1) is 0 Å². The van der Waals surface area contributed by atoms with E-state index in [0.29, 0.717) is 18.3 Å². The second-order valence-electron chi connectivity index (χ2n) is 5.98. The lowest BCUT2D eigenvalue weighted by molar-refractivity contribution is 0.241. The Morgan fingerprint density at radius 1 is 1.13 bits per heavy atom. The third-order valence-corrected chi connectivity index (χ3v) is 4.07. The lowest BCUT2D eigenvalue weighted by Crippen LogP contribution is -2.34. The Balaban J connectivity index is 1.55. The number of nitrogens with two attached hydrogens (primary N) is 1. The first-order chi connectivity index (χ1) is 11.2. The number of ether oxygens (including phenoxy) is 2. The van der Waals surface area contributed by atoms with Crippen molar-refractivity contribution in [1.82, 2.24) is 10.1 Å². The zero-order valence-corrected chi connectivity index (χ0v) is 13.5. The molecule has 0 saturated heterocycles. The van der Waals surface area contributed by atoms with Crippen molar-refractivity contribution in [3.8, 4) is 11.5 Å². The van der Waals surface area contributed by atoms with Crippen LogP contribution in [0.25, 0.3) is 0 Å². The largest absolute Gasteiger partial charge is 0.494 e. The van der Waals surface area contributed by atoms with Crippen molar-refractivity contribution in [2.24, 2.45) is 5.73 Å². The molecule has 6 nitrogen and oxygen atoms in total. The molecule has 124 valence electrons. The van der Waals surface area contributed by atoms with Gasteiger partial charge in [0.15, 0.2) is 12.4 Å². The summed E-state index contributed by atoms with van der Waals surface area (Å²) in [5, 5.41) is 4.02. The predicted octanol–water partition coefficient (Wildman–Crippen LogP) is 3.17. The van der Waals surface area contributed by atoms with Gasteiger partial charge in [-0.2, -0.15) is 4.98 Å². The van der Waals surface area contributed by atoms with Crippen LogP contribution in [0.1, 0.15) is 50.7 Å². The molecule has 1 aliphatic carbocycles. The molecule has 0 radical (unpaired) electrons. The number of aromatic nitrogens is 2. The van der Waals surface area contributed by atoms with Crippen molar-refractivity contribution in [1.29, 1.82) is 0 Å². The van der Waals surface area contributed by atoms with Gasteiger partial charge in [0.1, 0.15) is 11.5 Å². The van der Waals surface area contributed by atoms with Crippen molar-refractivity contribution in [3.05, 3.63) is 36.0 Å². The molecular weight excluding hydrogens is 294 g/mol. The molecule has 3 rings (SSSR count). The molecule has 0 aliphatic heterocycles. The SMILES string of the molecule is CCCOc1ccc(OCc2nc(C3(N)CCCC3)no2)cc1. The van der Waals surface area contributed by atoms with Crippen LogP contribution in [-0.2, 0) is 12.1 Å². The van der Waals surface area contributed by atoms with Crippen molar-refractivity contribution in [2.45, 2.75) is 51.2 Å². The molecule has 0 bridgehead atoms. The average molecular weight is 317 g/mol. The van der Waals surface area contributed by atoms with E-state index in [1.54, 1.807) is 0 Å². The summed E-state index contributed by atoms with van der Waals surface area (Å²) in [5.74, 6) is 2.61. The molecule has 23 heavy (non-hydrogen) atoms. The fraction of sp³-hybridized carbons (Fsp3) is 0.529. The molecular formula is C17H23N3O3. The fourth-order valence-electron chi connectivity index (χ4n) is 2.74. The van der Waals surface area contributed by atoms with E-state index in [9.17, 15) is 0 Å². The topological polar surface area (TPSA) is 83.4 Å². The van der Waals surface area contributed by atoms with Gasteiger partial charge in [0, 0.05) is 0 Å². The molecule has 2 aromatic rings. The zero-order valence-electron chi connectivity index (χ0n) is 13.5. The Morgan fingerprint density at radius 2 is 1.78 bits per heavy atom. The molecule has 1 saturated carbocycles. The van der Waals surface area contributed by atoms with E-state index in [2.05, 4.69) is 17.1 Å². The molecule has 1 aliphatic rings. The highest BCUT2D eigenvalue weighted by Crippen LogP contribution is 2.34. The minimum Gasteiger partial charge on any atom is -0.494 e. The van der Waals surface area contributed by atoms with Gasteiger partial charge >= 0.3 is 0 Å². The van der Waals surface area contributed by atoms with Crippen LogP contribution in [0.2, 0.25) is 0 Å². The van der Waals surface area contributed by atoms with Crippen LogP contribution in [0, 0.1) is 0 Å². The van der Waals surface area contributed by atoms with E-state index in [1.807, 2.05) is 24.3 Å². The number of hydrogen-bond acceptors (Lipinski definition) is 6. The lowest BCUT2D eigenvalue weighted by atomic mass is 9.99. The third kappa shape index (κ3) is 3.82. The Hall–Kier alpha value is -2.08. The molecule has 0 spiro atoms. The minimum atomic E-state index is -0.431. The maximum absolute atomic E-state index is 6.32. The van der Waals surface area contributed by atoms with Crippen LogP contribution in [0.3, 0.4) is 0 Å². The van der Waals surface area contributed by atoms with E-state index in [0.717, 1.165) is 43.6 Å². The number of benzene rings is 1. The summed E-state index contributed by atoms with van der Waals surface area (Å²) in [7, 11) is 0. The van der Waals surface area contributed by atoms with Crippen LogP contribution < -0.4 is 15.2 Å². The molecule has 1 fully saturated rings. The highest BCUT2D eigenvalue weighted by molar-refractivity contribution is 5.31. The smallest absolute Gasteiger partial charge is 0.264 e. The molecule has 6 heteroatoms. The van der Waals surface area contributed by atoms with Gasteiger partial charge in [0.25, 0.3) is 5.89 Å². The summed E-state index contributed by atoms with van der Waals surface area (Å²) in [4.78, 5) is 4.38. The lowest BCUT2D eigenvalue weighted by Gasteiger charge is -2.17. The minimum absolute atomic E-state index is 0.234. The van der Waals surface area contributed by atoms with Gasteiger partial charge in [0.2, 0.25) is 0 Å². The summed E-state index contributed by atoms with van der Waals surface area (Å²) < 4.78 is 16.5. The van der Waals surface area contributed by atoms with Gasteiger partial charge in [-0.05, 0) is 43.5 Å². The van der Waals surface area contributed by atoms with Gasteiger partial charge in [0.05, 0.1) is 12.1 Å². The summed E-state index contributed by atoms with van der Waals surface area (Å²) >= 11 is 0. The van der Waals surface area contributed by atoms with Crippen LogP contribution in [0.4, 0.5) is 0 Å². The molecule has 1 aromatic heterocycles. The van der Waals surface area contributed by atoms with Crippen LogP contribution in [0.5, 0.6) is 11.5 Å². The van der Waals surface area contributed by atoms with E-state index in [-0.39, 0.29) is 6.61 Å². The normalized spacial score (nSPS) is 16.4. The average Bonchev–Trinajstić information content (AvgIpc) is 3.22. The maximum atomic E-state index is 6.32. The molecule has 0 atom stereocenters. The maximum Gasteiger partial charge on any atom is 0.264 e. The van der Waals surface area contributed by atoms with Crippen LogP contribution in [0.15, 0.2) is 28.8 Å². The summed E-state index contributed by atoms with van der Waals surface area (Å²) in [6, 6.07) is 7.50. The Labute approximate surface area is 136 Å². The van der Waals surface area contributed by atoms with Gasteiger partial charge < -0.3 is 19.7 Å². The number of rotatable bonds is 7. The van der Waals surface area contributed by atoms with Crippen molar-refractivity contribution < 1.29 is 14.0 Å². The Bertz CT molecular complexity index is 618. The first-order valence-corrected chi connectivity index (χ1v) is 8.17. The van der Waals surface area contributed by atoms with Gasteiger partial charge in [-0.1, -0.05) is 24.9 Å². The first-order valence-electron chi connectivity index (χ1n) is 8.17. The first kappa shape index (κ1) is 15.8.